The summed E-state index contributed by atoms with van der Waals surface area (Å²) in [5.41, 5.74) is 5.89. The van der Waals surface area contributed by atoms with E-state index in [9.17, 15) is 0 Å². The summed E-state index contributed by atoms with van der Waals surface area (Å²) in [6, 6.07) is 0. The molecule has 0 bridgehead atoms. The van der Waals surface area contributed by atoms with E-state index in [-0.39, 0.29) is 0 Å². The van der Waals surface area contributed by atoms with Gasteiger partial charge in [0.1, 0.15) is 0 Å². The van der Waals surface area contributed by atoms with Gasteiger partial charge in [0.2, 0.25) is 0 Å². The molecular weight excluding hydrogens is 232 g/mol. The van der Waals surface area contributed by atoms with Gasteiger partial charge in [0.15, 0.2) is 0 Å². The normalized spacial score (nSPS) is 21.0. The number of nitrogens with two attached hydrogens (primary N) is 1. The van der Waals surface area contributed by atoms with Crippen molar-refractivity contribution in [2.24, 2.45) is 11.7 Å². The van der Waals surface area contributed by atoms with Crippen LogP contribution in [0.15, 0.2) is 0 Å². The van der Waals surface area contributed by atoms with Crippen LogP contribution in [0.2, 0.25) is 0 Å². The molecule has 0 spiro atoms. The minimum Gasteiger partial charge on any atom is -0.380 e. The first-order valence-electron chi connectivity index (χ1n) is 6.67. The molecule has 0 aliphatic carbocycles. The molecule has 1 aliphatic rings. The van der Waals surface area contributed by atoms with Crippen LogP contribution in [0, 0.1) is 5.92 Å². The third-order valence-electron chi connectivity index (χ3n) is 3.58. The van der Waals surface area contributed by atoms with E-state index in [2.05, 4.69) is 25.0 Å². The number of rotatable bonds is 7. The highest BCUT2D eigenvalue weighted by Gasteiger charge is 2.32. The van der Waals surface area contributed by atoms with Gasteiger partial charge in [0.05, 0.1) is 6.61 Å². The zero-order chi connectivity index (χ0) is 12.7. The van der Waals surface area contributed by atoms with Crippen LogP contribution in [0.4, 0.5) is 0 Å². The molecule has 1 rings (SSSR count). The summed E-state index contributed by atoms with van der Waals surface area (Å²) < 4.78 is 5.97. The fraction of sp³-hybridized carbons (Fsp3) is 1.00. The molecule has 1 saturated heterocycles. The highest BCUT2D eigenvalue weighted by molar-refractivity contribution is 8.00. The van der Waals surface area contributed by atoms with Crippen LogP contribution in [-0.4, -0.2) is 55.3 Å². The van der Waals surface area contributed by atoms with Gasteiger partial charge < -0.3 is 15.4 Å². The van der Waals surface area contributed by atoms with Gasteiger partial charge in [-0.25, -0.2) is 0 Å². The fourth-order valence-corrected chi connectivity index (χ4v) is 2.95. The van der Waals surface area contributed by atoms with Crippen molar-refractivity contribution in [2.45, 2.75) is 31.4 Å². The molecule has 3 nitrogen and oxygen atoms in total. The summed E-state index contributed by atoms with van der Waals surface area (Å²) in [5, 5.41) is 0. The maximum absolute atomic E-state index is 5.89. The lowest BCUT2D eigenvalue weighted by Crippen LogP contribution is -2.47. The molecule has 0 unspecified atom stereocenters. The molecule has 17 heavy (non-hydrogen) atoms. The molecule has 0 aromatic heterocycles. The van der Waals surface area contributed by atoms with Crippen LogP contribution in [-0.2, 0) is 4.74 Å². The molecule has 0 saturated carbocycles. The monoisotopic (exact) mass is 260 g/mol. The molecule has 0 aromatic rings. The minimum atomic E-state index is 0.343. The summed E-state index contributed by atoms with van der Waals surface area (Å²) in [6.07, 6.45) is 4.62. The predicted molar refractivity (Wildman–Crippen MR) is 76.6 cm³/mol. The molecule has 102 valence electrons. The molecular formula is C13H28N2OS. The first kappa shape index (κ1) is 15.3. The largest absolute Gasteiger partial charge is 0.380 e. The van der Waals surface area contributed by atoms with Gasteiger partial charge in [-0.05, 0) is 38.1 Å². The van der Waals surface area contributed by atoms with Crippen LogP contribution < -0.4 is 5.73 Å². The maximum Gasteiger partial charge on any atom is 0.0593 e. The maximum atomic E-state index is 5.89. The van der Waals surface area contributed by atoms with E-state index < -0.39 is 0 Å². The zero-order valence-electron chi connectivity index (χ0n) is 11.6. The lowest BCUT2D eigenvalue weighted by molar-refractivity contribution is 0.0768. The number of hydrogen-bond acceptors (Lipinski definition) is 4. The zero-order valence-corrected chi connectivity index (χ0v) is 12.4. The van der Waals surface area contributed by atoms with Gasteiger partial charge in [0, 0.05) is 24.4 Å². The Morgan fingerprint density at radius 1 is 1.35 bits per heavy atom. The average molecular weight is 260 g/mol. The van der Waals surface area contributed by atoms with Crippen molar-refractivity contribution in [3.05, 3.63) is 0 Å². The highest BCUT2D eigenvalue weighted by Crippen LogP contribution is 2.33. The van der Waals surface area contributed by atoms with E-state index in [4.69, 9.17) is 10.5 Å². The van der Waals surface area contributed by atoms with Crippen molar-refractivity contribution in [1.29, 1.82) is 0 Å². The second-order valence-electron chi connectivity index (χ2n) is 5.40. The minimum absolute atomic E-state index is 0.343. The lowest BCUT2D eigenvalue weighted by atomic mass is 9.96. The molecule has 1 fully saturated rings. The molecule has 1 aliphatic heterocycles. The number of hydrogen-bond donors (Lipinski definition) is 1. The Balaban J connectivity index is 2.14. The van der Waals surface area contributed by atoms with E-state index in [1.54, 1.807) is 0 Å². The van der Waals surface area contributed by atoms with Gasteiger partial charge in [-0.15, -0.1) is 0 Å². The number of likely N-dealkylation sites (tertiary alicyclic amines) is 1. The number of ether oxygens (including phenoxy) is 1. The molecule has 4 heteroatoms. The van der Waals surface area contributed by atoms with Crippen LogP contribution >= 0.6 is 11.8 Å². The number of thioether (sulfide) groups is 1. The Morgan fingerprint density at radius 2 is 2.00 bits per heavy atom. The second kappa shape index (κ2) is 7.62. The topological polar surface area (TPSA) is 38.5 Å². The SMILES string of the molecule is CSC1(CN)CCN(CCOCC(C)C)CC1. The van der Waals surface area contributed by atoms with Crippen LogP contribution in [0.25, 0.3) is 0 Å². The Bertz CT molecular complexity index is 198. The summed E-state index contributed by atoms with van der Waals surface area (Å²) in [5.74, 6) is 0.637. The van der Waals surface area contributed by atoms with Gasteiger partial charge in [-0.1, -0.05) is 13.8 Å². The first-order chi connectivity index (χ1) is 8.12. The van der Waals surface area contributed by atoms with E-state index >= 15 is 0 Å². The van der Waals surface area contributed by atoms with Crippen LogP contribution in [0.1, 0.15) is 26.7 Å². The first-order valence-corrected chi connectivity index (χ1v) is 7.90. The Kier molecular flexibility index (Phi) is 6.85. The van der Waals surface area contributed by atoms with Crippen molar-refractivity contribution in [3.8, 4) is 0 Å². The Labute approximate surface area is 110 Å². The van der Waals surface area contributed by atoms with Crippen LogP contribution in [0.3, 0.4) is 0 Å². The molecule has 2 N–H and O–H groups in total. The quantitative estimate of drug-likeness (QED) is 0.709. The number of nitrogens with zero attached hydrogens (tertiary/aromatic N) is 1. The third-order valence-corrected chi connectivity index (χ3v) is 5.02. The van der Waals surface area contributed by atoms with E-state index in [1.807, 2.05) is 11.8 Å². The second-order valence-corrected chi connectivity index (χ2v) is 6.68. The summed E-state index contributed by atoms with van der Waals surface area (Å²) in [7, 11) is 0. The van der Waals surface area contributed by atoms with Gasteiger partial charge >= 0.3 is 0 Å². The Hall–Kier alpha value is 0.230. The third kappa shape index (κ3) is 5.16. The van der Waals surface area contributed by atoms with Crippen molar-refractivity contribution < 1.29 is 4.74 Å². The predicted octanol–water partition coefficient (Wildman–Crippen LogP) is 1.82. The highest BCUT2D eigenvalue weighted by atomic mass is 32.2. The molecule has 0 atom stereocenters. The summed E-state index contributed by atoms with van der Waals surface area (Å²) in [6.45, 7) is 10.3. The summed E-state index contributed by atoms with van der Waals surface area (Å²) in [4.78, 5) is 2.50. The number of piperidine rings is 1. The smallest absolute Gasteiger partial charge is 0.0593 e. The van der Waals surface area contributed by atoms with Crippen molar-refractivity contribution in [1.82, 2.24) is 4.90 Å². The molecule has 0 radical (unpaired) electrons. The van der Waals surface area contributed by atoms with E-state index in [0.717, 1.165) is 26.3 Å². The molecule has 1 heterocycles. The van der Waals surface area contributed by atoms with Crippen molar-refractivity contribution in [2.75, 3.05) is 45.6 Å². The summed E-state index contributed by atoms with van der Waals surface area (Å²) >= 11 is 1.94. The van der Waals surface area contributed by atoms with Gasteiger partial charge in [0.25, 0.3) is 0 Å². The standard InChI is InChI=1S/C13H28N2OS/c1-12(2)10-16-9-8-15-6-4-13(11-14,17-3)5-7-15/h12H,4-11,14H2,1-3H3. The Morgan fingerprint density at radius 3 is 2.47 bits per heavy atom. The van der Waals surface area contributed by atoms with Gasteiger partial charge in [-0.3, -0.25) is 0 Å². The molecule has 0 amide bonds. The van der Waals surface area contributed by atoms with Crippen LogP contribution in [0.5, 0.6) is 0 Å². The fourth-order valence-electron chi connectivity index (χ4n) is 2.19. The van der Waals surface area contributed by atoms with Crippen molar-refractivity contribution in [3.63, 3.8) is 0 Å². The average Bonchev–Trinajstić information content (AvgIpc) is 2.35. The lowest BCUT2D eigenvalue weighted by Gasteiger charge is -2.40. The van der Waals surface area contributed by atoms with E-state index in [0.29, 0.717) is 10.7 Å². The van der Waals surface area contributed by atoms with E-state index in [1.165, 1.54) is 25.9 Å². The van der Waals surface area contributed by atoms with Crippen molar-refractivity contribution >= 4 is 11.8 Å². The van der Waals surface area contributed by atoms with Gasteiger partial charge in [-0.2, -0.15) is 11.8 Å². The molecule has 0 aromatic carbocycles.